The van der Waals surface area contributed by atoms with E-state index < -0.39 is 0 Å². The minimum Gasteiger partial charge on any atom is -0.361 e. The summed E-state index contributed by atoms with van der Waals surface area (Å²) >= 11 is 6.27. The Bertz CT molecular complexity index is 559. The average Bonchev–Trinajstić information content (AvgIpc) is 2.87. The molecule has 2 aromatic rings. The van der Waals surface area contributed by atoms with Crippen LogP contribution in [0.3, 0.4) is 0 Å². The highest BCUT2D eigenvalue weighted by Gasteiger charge is 2.16. The Labute approximate surface area is 117 Å². The molecular weight excluding hydrogens is 264 g/mol. The summed E-state index contributed by atoms with van der Waals surface area (Å²) in [4.78, 5) is 0. The zero-order valence-electron chi connectivity index (χ0n) is 11.7. The van der Waals surface area contributed by atoms with Crippen LogP contribution >= 0.6 is 11.6 Å². The second-order valence-corrected chi connectivity index (χ2v) is 5.32. The fraction of sp³-hybridized carbons (Fsp3) is 0.538. The Balaban J connectivity index is 2.03. The molecule has 6 heteroatoms. The van der Waals surface area contributed by atoms with E-state index in [1.165, 1.54) is 0 Å². The standard InChI is InChI=1S/C13H19ClN4O/c1-8(2)12-11(13(14)18(4)16-12)7-15-6-10-5-9(3)19-17-10/h5,8,15H,6-7H2,1-4H3. The van der Waals surface area contributed by atoms with Gasteiger partial charge in [-0.2, -0.15) is 5.10 Å². The fourth-order valence-corrected chi connectivity index (χ4v) is 2.21. The van der Waals surface area contributed by atoms with Crippen LogP contribution in [0.1, 0.15) is 42.5 Å². The predicted octanol–water partition coefficient (Wildman–Crippen LogP) is 2.78. The Morgan fingerprint density at radius 2 is 2.16 bits per heavy atom. The van der Waals surface area contributed by atoms with Crippen LogP contribution in [0.5, 0.6) is 0 Å². The molecule has 0 amide bonds. The SMILES string of the molecule is Cc1cc(CNCc2c(C(C)C)nn(C)c2Cl)no1. The third kappa shape index (κ3) is 3.16. The third-order valence-corrected chi connectivity index (χ3v) is 3.40. The van der Waals surface area contributed by atoms with Gasteiger partial charge in [-0.15, -0.1) is 0 Å². The number of aromatic nitrogens is 3. The van der Waals surface area contributed by atoms with Gasteiger partial charge >= 0.3 is 0 Å². The number of aryl methyl sites for hydroxylation is 2. The van der Waals surface area contributed by atoms with E-state index in [-0.39, 0.29) is 0 Å². The molecule has 19 heavy (non-hydrogen) atoms. The third-order valence-electron chi connectivity index (χ3n) is 2.93. The van der Waals surface area contributed by atoms with Crippen LogP contribution in [0.25, 0.3) is 0 Å². The van der Waals surface area contributed by atoms with E-state index in [1.807, 2.05) is 20.0 Å². The second-order valence-electron chi connectivity index (χ2n) is 4.97. The van der Waals surface area contributed by atoms with Crippen molar-refractivity contribution in [1.29, 1.82) is 0 Å². The first-order chi connectivity index (χ1) is 8.99. The summed E-state index contributed by atoms with van der Waals surface area (Å²) < 4.78 is 6.74. The quantitative estimate of drug-likeness (QED) is 0.916. The van der Waals surface area contributed by atoms with Crippen molar-refractivity contribution in [2.45, 2.75) is 39.8 Å². The number of hydrogen-bond acceptors (Lipinski definition) is 4. The Hall–Kier alpha value is -1.33. The number of halogens is 1. The van der Waals surface area contributed by atoms with Gasteiger partial charge in [-0.05, 0) is 12.8 Å². The van der Waals surface area contributed by atoms with Crippen LogP contribution in [-0.4, -0.2) is 14.9 Å². The maximum atomic E-state index is 6.27. The van der Waals surface area contributed by atoms with Crippen LogP contribution in [0.15, 0.2) is 10.6 Å². The lowest BCUT2D eigenvalue weighted by molar-refractivity contribution is 0.388. The molecule has 0 atom stereocenters. The summed E-state index contributed by atoms with van der Waals surface area (Å²) in [6.07, 6.45) is 0. The molecule has 1 N–H and O–H groups in total. The van der Waals surface area contributed by atoms with Crippen molar-refractivity contribution in [3.8, 4) is 0 Å². The summed E-state index contributed by atoms with van der Waals surface area (Å²) in [6.45, 7) is 7.43. The number of nitrogens with one attached hydrogen (secondary N) is 1. The molecule has 104 valence electrons. The molecule has 2 aromatic heterocycles. The van der Waals surface area contributed by atoms with Gasteiger partial charge < -0.3 is 9.84 Å². The van der Waals surface area contributed by atoms with Crippen molar-refractivity contribution in [3.63, 3.8) is 0 Å². The molecule has 0 aliphatic carbocycles. The largest absolute Gasteiger partial charge is 0.361 e. The van der Waals surface area contributed by atoms with Crippen LogP contribution in [0.2, 0.25) is 5.15 Å². The Kier molecular flexibility index (Phi) is 4.27. The molecule has 2 rings (SSSR count). The number of rotatable bonds is 5. The zero-order chi connectivity index (χ0) is 14.0. The normalized spacial score (nSPS) is 11.5. The molecule has 0 saturated carbocycles. The van der Waals surface area contributed by atoms with Gasteiger partial charge in [0.15, 0.2) is 0 Å². The Morgan fingerprint density at radius 3 is 2.74 bits per heavy atom. The molecule has 0 fully saturated rings. The molecule has 0 aliphatic heterocycles. The van der Waals surface area contributed by atoms with Crippen LogP contribution < -0.4 is 5.32 Å². The van der Waals surface area contributed by atoms with Crippen molar-refractivity contribution in [2.75, 3.05) is 0 Å². The van der Waals surface area contributed by atoms with Gasteiger partial charge in [0.25, 0.3) is 0 Å². The van der Waals surface area contributed by atoms with Crippen LogP contribution in [0, 0.1) is 6.92 Å². The van der Waals surface area contributed by atoms with Gasteiger partial charge in [-0.1, -0.05) is 30.6 Å². The molecule has 0 unspecified atom stereocenters. The first-order valence-electron chi connectivity index (χ1n) is 6.33. The maximum Gasteiger partial charge on any atom is 0.133 e. The summed E-state index contributed by atoms with van der Waals surface area (Å²) in [6, 6.07) is 1.92. The maximum absolute atomic E-state index is 6.27. The summed E-state index contributed by atoms with van der Waals surface area (Å²) in [5.74, 6) is 1.17. The lowest BCUT2D eigenvalue weighted by atomic mass is 10.1. The first kappa shape index (κ1) is 14.1. The highest BCUT2D eigenvalue weighted by molar-refractivity contribution is 6.30. The van der Waals surface area contributed by atoms with E-state index in [1.54, 1.807) is 4.68 Å². The molecule has 0 saturated heterocycles. The first-order valence-corrected chi connectivity index (χ1v) is 6.71. The van der Waals surface area contributed by atoms with E-state index in [9.17, 15) is 0 Å². The van der Waals surface area contributed by atoms with Crippen molar-refractivity contribution in [2.24, 2.45) is 7.05 Å². The fourth-order valence-electron chi connectivity index (χ4n) is 2.01. The van der Waals surface area contributed by atoms with Crippen molar-refractivity contribution in [1.82, 2.24) is 20.3 Å². The monoisotopic (exact) mass is 282 g/mol. The van der Waals surface area contributed by atoms with E-state index in [0.717, 1.165) is 22.7 Å². The summed E-state index contributed by atoms with van der Waals surface area (Å²) in [5.41, 5.74) is 2.99. The lowest BCUT2D eigenvalue weighted by Crippen LogP contribution is -2.14. The second kappa shape index (κ2) is 5.75. The molecule has 2 heterocycles. The minimum absolute atomic E-state index is 0.352. The average molecular weight is 283 g/mol. The summed E-state index contributed by atoms with van der Waals surface area (Å²) in [5, 5.41) is 12.4. The number of nitrogens with zero attached hydrogens (tertiary/aromatic N) is 3. The van der Waals surface area contributed by atoms with E-state index in [2.05, 4.69) is 29.4 Å². The molecule has 0 radical (unpaired) electrons. The van der Waals surface area contributed by atoms with E-state index >= 15 is 0 Å². The van der Waals surface area contributed by atoms with Crippen molar-refractivity contribution >= 4 is 11.6 Å². The molecular formula is C13H19ClN4O. The number of hydrogen-bond donors (Lipinski definition) is 1. The Morgan fingerprint density at radius 1 is 1.42 bits per heavy atom. The molecule has 0 aliphatic rings. The van der Waals surface area contributed by atoms with Gasteiger partial charge in [0.05, 0.1) is 11.4 Å². The topological polar surface area (TPSA) is 55.9 Å². The van der Waals surface area contributed by atoms with E-state index in [0.29, 0.717) is 24.2 Å². The van der Waals surface area contributed by atoms with Gasteiger partial charge in [0.2, 0.25) is 0 Å². The van der Waals surface area contributed by atoms with Crippen molar-refractivity contribution in [3.05, 3.63) is 33.9 Å². The zero-order valence-corrected chi connectivity index (χ0v) is 12.5. The van der Waals surface area contributed by atoms with Gasteiger partial charge in [-0.25, -0.2) is 0 Å². The molecule has 0 aromatic carbocycles. The molecule has 5 nitrogen and oxygen atoms in total. The molecule has 0 spiro atoms. The predicted molar refractivity (Wildman–Crippen MR) is 74.1 cm³/mol. The minimum atomic E-state index is 0.352. The van der Waals surface area contributed by atoms with Gasteiger partial charge in [0, 0.05) is 31.8 Å². The highest BCUT2D eigenvalue weighted by Crippen LogP contribution is 2.25. The van der Waals surface area contributed by atoms with Crippen molar-refractivity contribution < 1.29 is 4.52 Å². The van der Waals surface area contributed by atoms with Crippen LogP contribution in [0.4, 0.5) is 0 Å². The molecule has 0 bridgehead atoms. The smallest absolute Gasteiger partial charge is 0.133 e. The summed E-state index contributed by atoms with van der Waals surface area (Å²) in [7, 11) is 1.86. The van der Waals surface area contributed by atoms with E-state index in [4.69, 9.17) is 16.1 Å². The van der Waals surface area contributed by atoms with Gasteiger partial charge in [0.1, 0.15) is 10.9 Å². The lowest BCUT2D eigenvalue weighted by Gasteiger charge is -2.06. The van der Waals surface area contributed by atoms with Gasteiger partial charge in [-0.3, -0.25) is 4.68 Å². The highest BCUT2D eigenvalue weighted by atomic mass is 35.5. The van der Waals surface area contributed by atoms with Crippen LogP contribution in [-0.2, 0) is 20.1 Å².